The molecule has 0 spiro atoms. The van der Waals surface area contributed by atoms with Crippen molar-refractivity contribution in [1.29, 1.82) is 0 Å². The minimum atomic E-state index is -0.614. The Bertz CT molecular complexity index is 985. The van der Waals surface area contributed by atoms with E-state index in [2.05, 4.69) is 31.9 Å². The number of carbonyl (C=O) groups excluding carboxylic acids is 1. The molecule has 128 valence electrons. The van der Waals surface area contributed by atoms with E-state index in [1.54, 1.807) is 24.3 Å². The van der Waals surface area contributed by atoms with Crippen LogP contribution in [-0.2, 0) is 0 Å². The van der Waals surface area contributed by atoms with Crippen LogP contribution in [0.15, 0.2) is 62.2 Å². The molecule has 3 rings (SSSR count). The summed E-state index contributed by atoms with van der Waals surface area (Å²) in [4.78, 5) is 24.7. The van der Waals surface area contributed by atoms with Gasteiger partial charge in [-0.3, -0.25) is 5.32 Å². The molecule has 3 N–H and O–H groups in total. The van der Waals surface area contributed by atoms with E-state index in [1.807, 2.05) is 31.2 Å². The molecular weight excluding hydrogens is 386 g/mol. The number of fused-ring (bicyclic) bond motifs is 1. The minimum Gasteiger partial charge on any atom is -0.421 e. The number of urea groups is 1. The van der Waals surface area contributed by atoms with Gasteiger partial charge in [0.2, 0.25) is 0 Å². The first-order valence-electron chi connectivity index (χ1n) is 7.72. The maximum absolute atomic E-state index is 12.3. The molecule has 0 bridgehead atoms. The fraction of sp³-hybridized carbons (Fsp3) is 0.111. The Labute approximate surface area is 152 Å². The molecule has 6 nitrogen and oxygen atoms in total. The summed E-state index contributed by atoms with van der Waals surface area (Å²) in [6.07, 6.45) is 0. The van der Waals surface area contributed by atoms with Gasteiger partial charge in [0.1, 0.15) is 5.58 Å². The van der Waals surface area contributed by atoms with Gasteiger partial charge in [0.25, 0.3) is 0 Å². The van der Waals surface area contributed by atoms with E-state index < -0.39 is 11.7 Å². The number of hydrogen-bond acceptors (Lipinski definition) is 4. The van der Waals surface area contributed by atoms with Gasteiger partial charge in [-0.15, -0.1) is 0 Å². The third-order valence-corrected chi connectivity index (χ3v) is 4.22. The van der Waals surface area contributed by atoms with Gasteiger partial charge in [0, 0.05) is 16.4 Å². The standard InChI is InChI=1S/C18H16BrN3O3/c1-2-20-15-11-7-3-6-10-14(11)25-17(23)16(15)22-18(24)21-13-9-5-4-8-12(13)19/h3-10,20H,2H2,1H3,(H2,21,22,24). The number of rotatable bonds is 4. The molecule has 2 aromatic carbocycles. The average molecular weight is 402 g/mol. The molecule has 0 atom stereocenters. The van der Waals surface area contributed by atoms with Crippen molar-refractivity contribution in [2.24, 2.45) is 0 Å². The summed E-state index contributed by atoms with van der Waals surface area (Å²) in [6.45, 7) is 2.50. The van der Waals surface area contributed by atoms with Crippen LogP contribution in [0.5, 0.6) is 0 Å². The Kier molecular flexibility index (Phi) is 5.04. The van der Waals surface area contributed by atoms with Crippen molar-refractivity contribution < 1.29 is 9.21 Å². The predicted octanol–water partition coefficient (Wildman–Crippen LogP) is 4.63. The lowest BCUT2D eigenvalue weighted by molar-refractivity contribution is 0.262. The fourth-order valence-electron chi connectivity index (χ4n) is 2.45. The zero-order chi connectivity index (χ0) is 17.8. The van der Waals surface area contributed by atoms with Crippen molar-refractivity contribution in [1.82, 2.24) is 0 Å². The predicted molar refractivity (Wildman–Crippen MR) is 103 cm³/mol. The summed E-state index contributed by atoms with van der Waals surface area (Å²) in [5.41, 5.74) is 1.05. The zero-order valence-electron chi connectivity index (χ0n) is 13.4. The van der Waals surface area contributed by atoms with Gasteiger partial charge in [0.05, 0.1) is 11.4 Å². The molecule has 7 heteroatoms. The van der Waals surface area contributed by atoms with Gasteiger partial charge in [-0.25, -0.2) is 9.59 Å². The van der Waals surface area contributed by atoms with E-state index >= 15 is 0 Å². The highest BCUT2D eigenvalue weighted by Gasteiger charge is 2.16. The molecule has 3 aromatic rings. The van der Waals surface area contributed by atoms with Gasteiger partial charge < -0.3 is 15.1 Å². The Morgan fingerprint density at radius 1 is 1.04 bits per heavy atom. The Morgan fingerprint density at radius 3 is 2.52 bits per heavy atom. The minimum absolute atomic E-state index is 0.0742. The summed E-state index contributed by atoms with van der Waals surface area (Å²) < 4.78 is 6.05. The second kappa shape index (κ2) is 7.40. The zero-order valence-corrected chi connectivity index (χ0v) is 15.0. The third kappa shape index (κ3) is 3.66. The number of nitrogens with one attached hydrogen (secondary N) is 3. The quantitative estimate of drug-likeness (QED) is 0.556. The molecule has 2 amide bonds. The van der Waals surface area contributed by atoms with Crippen molar-refractivity contribution in [3.8, 4) is 0 Å². The Balaban J connectivity index is 1.96. The van der Waals surface area contributed by atoms with Gasteiger partial charge in [-0.1, -0.05) is 24.3 Å². The van der Waals surface area contributed by atoms with Crippen LogP contribution in [0, 0.1) is 0 Å². The van der Waals surface area contributed by atoms with Crippen LogP contribution < -0.4 is 21.6 Å². The Hall–Kier alpha value is -2.80. The lowest BCUT2D eigenvalue weighted by Gasteiger charge is -2.14. The van der Waals surface area contributed by atoms with Crippen LogP contribution in [0.2, 0.25) is 0 Å². The first-order valence-corrected chi connectivity index (χ1v) is 8.51. The number of hydrogen-bond donors (Lipinski definition) is 3. The maximum Gasteiger partial charge on any atom is 0.362 e. The largest absolute Gasteiger partial charge is 0.421 e. The molecule has 0 aliphatic carbocycles. The molecule has 0 saturated heterocycles. The van der Waals surface area contributed by atoms with Gasteiger partial charge >= 0.3 is 11.7 Å². The highest BCUT2D eigenvalue weighted by molar-refractivity contribution is 9.10. The van der Waals surface area contributed by atoms with E-state index in [0.29, 0.717) is 23.5 Å². The van der Waals surface area contributed by atoms with Crippen molar-refractivity contribution in [3.05, 3.63) is 63.4 Å². The molecular formula is C18H16BrN3O3. The molecule has 0 saturated carbocycles. The summed E-state index contributed by atoms with van der Waals surface area (Å²) in [6, 6.07) is 13.8. The van der Waals surface area contributed by atoms with Gasteiger partial charge in [-0.2, -0.15) is 0 Å². The summed E-state index contributed by atoms with van der Waals surface area (Å²) in [7, 11) is 0. The summed E-state index contributed by atoms with van der Waals surface area (Å²) in [5.74, 6) is 0. The molecule has 25 heavy (non-hydrogen) atoms. The summed E-state index contributed by atoms with van der Waals surface area (Å²) >= 11 is 3.36. The lowest BCUT2D eigenvalue weighted by atomic mass is 10.2. The van der Waals surface area contributed by atoms with Crippen LogP contribution in [0.4, 0.5) is 21.9 Å². The Morgan fingerprint density at radius 2 is 1.76 bits per heavy atom. The third-order valence-electron chi connectivity index (χ3n) is 3.53. The highest BCUT2D eigenvalue weighted by Crippen LogP contribution is 2.29. The number of para-hydroxylation sites is 2. The van der Waals surface area contributed by atoms with E-state index in [0.717, 1.165) is 9.86 Å². The average Bonchev–Trinajstić information content (AvgIpc) is 2.60. The van der Waals surface area contributed by atoms with Crippen LogP contribution in [0.3, 0.4) is 0 Å². The number of anilines is 3. The van der Waals surface area contributed by atoms with Crippen LogP contribution >= 0.6 is 15.9 Å². The monoisotopic (exact) mass is 401 g/mol. The SMILES string of the molecule is CCNc1c(NC(=O)Nc2ccccc2Br)c(=O)oc2ccccc12. The summed E-state index contributed by atoms with van der Waals surface area (Å²) in [5, 5.41) is 9.14. The fourth-order valence-corrected chi connectivity index (χ4v) is 2.84. The molecule has 0 aliphatic rings. The van der Waals surface area contributed by atoms with E-state index in [9.17, 15) is 9.59 Å². The van der Waals surface area contributed by atoms with Crippen LogP contribution in [-0.4, -0.2) is 12.6 Å². The van der Waals surface area contributed by atoms with Gasteiger partial charge in [-0.05, 0) is 47.1 Å². The van der Waals surface area contributed by atoms with Crippen molar-refractivity contribution in [3.63, 3.8) is 0 Å². The van der Waals surface area contributed by atoms with Crippen LogP contribution in [0.25, 0.3) is 11.0 Å². The molecule has 0 radical (unpaired) electrons. The molecule has 0 fully saturated rings. The van der Waals surface area contributed by atoms with Gasteiger partial charge in [0.15, 0.2) is 5.69 Å². The van der Waals surface area contributed by atoms with Crippen molar-refractivity contribution in [2.45, 2.75) is 6.92 Å². The van der Waals surface area contributed by atoms with E-state index in [1.165, 1.54) is 0 Å². The van der Waals surface area contributed by atoms with Crippen LogP contribution in [0.1, 0.15) is 6.92 Å². The van der Waals surface area contributed by atoms with E-state index in [-0.39, 0.29) is 5.69 Å². The molecule has 0 aliphatic heterocycles. The second-order valence-corrected chi connectivity index (χ2v) is 6.08. The topological polar surface area (TPSA) is 83.4 Å². The molecule has 0 unspecified atom stereocenters. The molecule has 1 aromatic heterocycles. The number of carbonyl (C=O) groups is 1. The van der Waals surface area contributed by atoms with Crippen molar-refractivity contribution in [2.75, 3.05) is 22.5 Å². The van der Waals surface area contributed by atoms with E-state index in [4.69, 9.17) is 4.42 Å². The highest BCUT2D eigenvalue weighted by atomic mass is 79.9. The maximum atomic E-state index is 12.3. The normalized spacial score (nSPS) is 10.5. The number of benzene rings is 2. The lowest BCUT2D eigenvalue weighted by Crippen LogP contribution is -2.24. The molecule has 1 heterocycles. The first-order chi connectivity index (χ1) is 12.1. The second-order valence-electron chi connectivity index (χ2n) is 5.22. The smallest absolute Gasteiger partial charge is 0.362 e. The number of halogens is 1. The number of amides is 2. The first kappa shape index (κ1) is 17.0. The van der Waals surface area contributed by atoms with Crippen molar-refractivity contribution >= 4 is 50.0 Å².